The maximum atomic E-state index is 15.8. The van der Waals surface area contributed by atoms with Crippen molar-refractivity contribution < 1.29 is 0 Å². The Morgan fingerprint density at radius 2 is 0.560 bits per heavy atom. The minimum absolute atomic E-state index is 0.0279. The van der Waals surface area contributed by atoms with Crippen LogP contribution < -0.4 is 22.2 Å². The zero-order valence-corrected chi connectivity index (χ0v) is 55.1. The van der Waals surface area contributed by atoms with Crippen molar-refractivity contribution in [3.63, 3.8) is 0 Å². The van der Waals surface area contributed by atoms with E-state index in [1.165, 1.54) is 163 Å². The summed E-state index contributed by atoms with van der Waals surface area (Å²) in [7, 11) is 0. The molecule has 0 aliphatic rings. The van der Waals surface area contributed by atoms with Gasteiger partial charge in [-0.1, -0.05) is 259 Å². The number of benzene rings is 2. The van der Waals surface area contributed by atoms with Gasteiger partial charge in [-0.05, 0) is 37.5 Å². The highest BCUT2D eigenvalue weighted by molar-refractivity contribution is 7.35. The smallest absolute Gasteiger partial charge is 0.262 e. The number of hydrogen-bond donors (Lipinski definition) is 0. The number of fused-ring (bicyclic) bond motifs is 6. The van der Waals surface area contributed by atoms with Gasteiger partial charge in [-0.25, -0.2) is 9.69 Å². The van der Waals surface area contributed by atoms with E-state index < -0.39 is 22.2 Å². The lowest BCUT2D eigenvalue weighted by molar-refractivity contribution is 0.350. The molecule has 0 N–H and O–H groups in total. The maximum absolute atomic E-state index is 15.8. The average molecular weight is 1220 g/mol. The Kier molecular flexibility index (Phi) is 30.8. The second-order valence-electron chi connectivity index (χ2n) is 24.3. The average Bonchev–Trinajstić information content (AvgIpc) is 0.734. The number of nitriles is 2. The zero-order valence-electron chi connectivity index (χ0n) is 51.8. The molecule has 84 heavy (non-hydrogen) atoms. The summed E-state index contributed by atoms with van der Waals surface area (Å²) in [4.78, 5) is 70.9. The van der Waals surface area contributed by atoms with Crippen LogP contribution in [-0.2, 0) is 13.1 Å². The van der Waals surface area contributed by atoms with Gasteiger partial charge in [-0.2, -0.15) is 33.2 Å². The Morgan fingerprint density at radius 1 is 0.345 bits per heavy atom. The van der Waals surface area contributed by atoms with Gasteiger partial charge in [0.1, 0.15) is 21.9 Å². The van der Waals surface area contributed by atoms with Crippen LogP contribution in [0.2, 0.25) is 0 Å². The molecule has 0 radical (unpaired) electrons. The second-order valence-corrected chi connectivity index (χ2v) is 28.4. The Balaban J connectivity index is 1.50. The molecular weight excluding hydrogens is 1120 g/mol. The number of nitrogens with zero attached hydrogens (tertiary/aromatic N) is 6. The van der Waals surface area contributed by atoms with Crippen LogP contribution in [0.15, 0.2) is 19.2 Å². The Hall–Kier alpha value is -4.70. The minimum Gasteiger partial charge on any atom is -0.274 e. The minimum atomic E-state index is -0.531. The summed E-state index contributed by atoms with van der Waals surface area (Å²) >= 11 is 4.01. The first-order valence-corrected chi connectivity index (χ1v) is 36.6. The van der Waals surface area contributed by atoms with Gasteiger partial charge in [0.15, 0.2) is 0 Å². The summed E-state index contributed by atoms with van der Waals surface area (Å²) in [5.74, 6) is 0.0559. The van der Waals surface area contributed by atoms with E-state index in [0.717, 1.165) is 148 Å². The normalized spacial score (nSPS) is 12.4. The fourth-order valence-corrected chi connectivity index (χ4v) is 17.4. The standard InChI is InChI=1S/C70H98N6O4S4/c1-7-11-15-19-23-27-29-33-37-41-45-51(43-39-35-31-25-21-17-13-9-3)49-75-67(77)57-55-56-58(62-61(57)81-53(47-71)54(48-72)82-62)68(78)76(70(80)60(56)64-63(59(55)69(75)79)83-65(73-5)66(74-6)84-64)50-52(44-40-36-32-26-22-18-14-10-4)46-42-38-34-30-28-24-20-16-12-8-2/h51-52H,7-46,49-50H2,1-4H3. The molecule has 6 aromatic rings. The summed E-state index contributed by atoms with van der Waals surface area (Å²) in [5.41, 5.74) is -2.12. The molecule has 0 aliphatic carbocycles. The topological polar surface area (TPSA) is 134 Å². The van der Waals surface area contributed by atoms with Crippen molar-refractivity contribution >= 4 is 106 Å². The number of pyridine rings is 2. The maximum Gasteiger partial charge on any atom is 0.262 e. The number of hydrogen-bond acceptors (Lipinski definition) is 10. The van der Waals surface area contributed by atoms with Gasteiger partial charge < -0.3 is 0 Å². The lowest BCUT2D eigenvalue weighted by Crippen LogP contribution is -2.38. The van der Waals surface area contributed by atoms with Gasteiger partial charge >= 0.3 is 0 Å². The largest absolute Gasteiger partial charge is 0.274 e. The summed E-state index contributed by atoms with van der Waals surface area (Å²) in [6.45, 7) is 25.8. The molecule has 6 rings (SSSR count). The van der Waals surface area contributed by atoms with Gasteiger partial charge in [0.2, 0.25) is 0 Å². The van der Waals surface area contributed by atoms with Crippen molar-refractivity contribution in [3.8, 4) is 12.1 Å². The van der Waals surface area contributed by atoms with Crippen LogP contribution in [0, 0.1) is 47.6 Å². The fourth-order valence-electron chi connectivity index (χ4n) is 12.9. The predicted molar refractivity (Wildman–Crippen MR) is 363 cm³/mol. The molecule has 10 nitrogen and oxygen atoms in total. The van der Waals surface area contributed by atoms with Crippen molar-refractivity contribution in [3.05, 3.63) is 74.0 Å². The molecular formula is C70H98N6O4S4. The van der Waals surface area contributed by atoms with E-state index in [9.17, 15) is 10.5 Å². The quantitative estimate of drug-likeness (QED) is 0.0162. The third kappa shape index (κ3) is 18.7. The first-order valence-electron chi connectivity index (χ1n) is 33.3. The highest BCUT2D eigenvalue weighted by atomic mass is 32.1. The van der Waals surface area contributed by atoms with Crippen LogP contribution in [-0.4, -0.2) is 9.13 Å². The second kappa shape index (κ2) is 37.8. The van der Waals surface area contributed by atoms with E-state index in [1.54, 1.807) is 0 Å². The van der Waals surface area contributed by atoms with Gasteiger partial charge in [0.05, 0.1) is 44.1 Å². The zero-order chi connectivity index (χ0) is 60.1. The van der Waals surface area contributed by atoms with E-state index in [4.69, 9.17) is 13.1 Å². The molecule has 0 saturated heterocycles. The predicted octanol–water partition coefficient (Wildman–Crippen LogP) is 22.5. The van der Waals surface area contributed by atoms with E-state index in [2.05, 4.69) is 49.5 Å². The molecule has 0 spiro atoms. The lowest BCUT2D eigenvalue weighted by Gasteiger charge is -2.22. The van der Waals surface area contributed by atoms with E-state index in [-0.39, 0.29) is 77.0 Å². The number of aromatic nitrogens is 2. The van der Waals surface area contributed by atoms with Crippen LogP contribution in [0.4, 0.5) is 10.0 Å². The highest BCUT2D eigenvalue weighted by Crippen LogP contribution is 2.50. The summed E-state index contributed by atoms with van der Waals surface area (Å²) < 4.78 is 4.17. The molecule has 2 atom stereocenters. The molecule has 14 heteroatoms. The molecule has 0 bridgehead atoms. The van der Waals surface area contributed by atoms with E-state index >= 15 is 19.2 Å². The first kappa shape index (κ1) is 68.4. The molecule has 2 aromatic carbocycles. The lowest BCUT2D eigenvalue weighted by atomic mass is 9.92. The molecule has 0 amide bonds. The van der Waals surface area contributed by atoms with Crippen molar-refractivity contribution in [2.24, 2.45) is 11.8 Å². The molecule has 0 aliphatic heterocycles. The van der Waals surface area contributed by atoms with Crippen LogP contribution in [0.5, 0.6) is 0 Å². The van der Waals surface area contributed by atoms with Gasteiger partial charge in [0.25, 0.3) is 32.2 Å². The van der Waals surface area contributed by atoms with Crippen LogP contribution in [0.25, 0.3) is 60.8 Å². The molecule has 4 heterocycles. The van der Waals surface area contributed by atoms with Gasteiger partial charge in [-0.15, -0.1) is 22.7 Å². The summed E-state index contributed by atoms with van der Waals surface area (Å²) in [5, 5.41) is 22.4. The Labute approximate surface area is 518 Å². The van der Waals surface area contributed by atoms with Crippen molar-refractivity contribution in [2.45, 2.75) is 298 Å². The Morgan fingerprint density at radius 3 is 0.774 bits per heavy atom. The highest BCUT2D eigenvalue weighted by Gasteiger charge is 2.31. The molecule has 456 valence electrons. The van der Waals surface area contributed by atoms with Crippen molar-refractivity contribution in [1.82, 2.24) is 9.13 Å². The van der Waals surface area contributed by atoms with Gasteiger partial charge in [-0.3, -0.25) is 28.3 Å². The summed E-state index contributed by atoms with van der Waals surface area (Å²) in [6, 6.07) is 4.41. The molecule has 4 aromatic heterocycles. The van der Waals surface area contributed by atoms with E-state index in [1.807, 2.05) is 0 Å². The first-order chi connectivity index (χ1) is 41.1. The van der Waals surface area contributed by atoms with E-state index in [0.29, 0.717) is 18.8 Å². The van der Waals surface area contributed by atoms with Gasteiger partial charge in [0, 0.05) is 33.3 Å². The SMILES string of the molecule is [C-]#[N+]c1sc2c(sc1[N+]#[C-])c1c(=O)n(CC(CCCCCCCCCC)CCCCCCCCCCCC)c(=O)c3c4sc(C#N)c(C#N)sc4c4c(=O)n(CC(CCCCCCCCCC)CCCCCCCCCCCC)c(=O)c2c4c31. The van der Waals surface area contributed by atoms with Crippen molar-refractivity contribution in [1.29, 1.82) is 10.5 Å². The van der Waals surface area contributed by atoms with Crippen molar-refractivity contribution in [2.75, 3.05) is 0 Å². The van der Waals surface area contributed by atoms with Crippen LogP contribution in [0.1, 0.15) is 294 Å². The molecule has 0 saturated carbocycles. The van der Waals surface area contributed by atoms with Crippen LogP contribution in [0.3, 0.4) is 0 Å². The molecule has 2 unspecified atom stereocenters. The number of unbranched alkanes of at least 4 members (excludes halogenated alkanes) is 32. The fraction of sp³-hybridized carbons (Fsp3) is 0.686. The third-order valence-corrected chi connectivity index (χ3v) is 22.7. The van der Waals surface area contributed by atoms with Crippen LogP contribution >= 0.6 is 45.3 Å². The monoisotopic (exact) mass is 1210 g/mol. The number of rotatable bonds is 44. The summed E-state index contributed by atoms with van der Waals surface area (Å²) in [6.07, 6.45) is 46.3. The third-order valence-electron chi connectivity index (χ3n) is 17.8. The Bertz CT molecular complexity index is 3060. The molecule has 0 fully saturated rings.